The van der Waals surface area contributed by atoms with E-state index in [-0.39, 0.29) is 12.2 Å². The van der Waals surface area contributed by atoms with E-state index in [4.69, 9.17) is 9.57 Å². The van der Waals surface area contributed by atoms with Crippen molar-refractivity contribution in [2.24, 2.45) is 0 Å². The summed E-state index contributed by atoms with van der Waals surface area (Å²) in [6.45, 7) is 0.681. The third-order valence-corrected chi connectivity index (χ3v) is 4.58. The first-order valence-electron chi connectivity index (χ1n) is 7.87. The number of ether oxygens (including phenoxy) is 1. The van der Waals surface area contributed by atoms with Gasteiger partial charge in [0.15, 0.2) is 6.29 Å². The van der Waals surface area contributed by atoms with Crippen molar-refractivity contribution < 1.29 is 14.4 Å². The molecule has 122 valence electrons. The van der Waals surface area contributed by atoms with Crippen LogP contribution in [0, 0.1) is 0 Å². The third kappa shape index (κ3) is 4.86. The van der Waals surface area contributed by atoms with E-state index in [1.54, 1.807) is 5.38 Å². The Labute approximate surface area is 139 Å². The Morgan fingerprint density at radius 1 is 1.30 bits per heavy atom. The summed E-state index contributed by atoms with van der Waals surface area (Å²) in [7, 11) is 0. The van der Waals surface area contributed by atoms with Crippen molar-refractivity contribution in [3.05, 3.63) is 52.0 Å². The number of aryl methyl sites for hydroxylation is 2. The number of amides is 1. The van der Waals surface area contributed by atoms with E-state index < -0.39 is 0 Å². The largest absolute Gasteiger partial charge is 0.350 e. The van der Waals surface area contributed by atoms with Crippen molar-refractivity contribution in [3.8, 4) is 0 Å². The van der Waals surface area contributed by atoms with Crippen LogP contribution in [0.15, 0.2) is 35.7 Å². The van der Waals surface area contributed by atoms with Gasteiger partial charge in [-0.3, -0.25) is 4.79 Å². The highest BCUT2D eigenvalue weighted by Crippen LogP contribution is 2.15. The maximum absolute atomic E-state index is 12.0. The standard InChI is InChI=1S/C17H20N2O3S/c20-17(19-22-16-8-4-5-11-21-16)14-12-23-15(18-14)10-9-13-6-2-1-3-7-13/h1-3,6-7,12,16H,4-5,8-11H2,(H,19,20)/t16-/m0/s1. The molecule has 1 fully saturated rings. The molecular formula is C17H20N2O3S. The minimum atomic E-state index is -0.344. The molecule has 0 unspecified atom stereocenters. The molecule has 0 radical (unpaired) electrons. The Hall–Kier alpha value is -1.76. The summed E-state index contributed by atoms with van der Waals surface area (Å²) in [5.41, 5.74) is 4.10. The third-order valence-electron chi connectivity index (χ3n) is 3.68. The Bertz CT molecular complexity index is 624. The minimum absolute atomic E-state index is 0.318. The summed E-state index contributed by atoms with van der Waals surface area (Å²) in [5.74, 6) is -0.318. The van der Waals surface area contributed by atoms with Gasteiger partial charge in [0.05, 0.1) is 5.01 Å². The fourth-order valence-corrected chi connectivity index (χ4v) is 3.18. The van der Waals surface area contributed by atoms with E-state index in [9.17, 15) is 4.79 Å². The molecule has 2 aromatic rings. The molecule has 0 spiro atoms. The summed E-state index contributed by atoms with van der Waals surface area (Å²) in [6, 6.07) is 10.3. The average molecular weight is 332 g/mol. The van der Waals surface area contributed by atoms with Crippen LogP contribution in [0.1, 0.15) is 40.3 Å². The van der Waals surface area contributed by atoms with E-state index in [1.165, 1.54) is 16.9 Å². The number of carbonyl (C=O) groups is 1. The highest BCUT2D eigenvalue weighted by atomic mass is 32.1. The summed E-state index contributed by atoms with van der Waals surface area (Å²) in [4.78, 5) is 21.7. The predicted molar refractivity (Wildman–Crippen MR) is 88.1 cm³/mol. The number of rotatable bonds is 6. The molecule has 6 heteroatoms. The summed E-state index contributed by atoms with van der Waals surface area (Å²) in [5, 5.41) is 2.72. The zero-order valence-electron chi connectivity index (χ0n) is 12.9. The molecule has 1 aromatic carbocycles. The maximum Gasteiger partial charge on any atom is 0.294 e. The Kier molecular flexibility index (Phi) is 5.74. The topological polar surface area (TPSA) is 60.5 Å². The molecule has 1 aliphatic rings. The van der Waals surface area contributed by atoms with Crippen molar-refractivity contribution >= 4 is 17.2 Å². The van der Waals surface area contributed by atoms with Crippen LogP contribution in [-0.4, -0.2) is 23.8 Å². The van der Waals surface area contributed by atoms with E-state index in [2.05, 4.69) is 22.6 Å². The first kappa shape index (κ1) is 16.1. The Morgan fingerprint density at radius 2 is 2.17 bits per heavy atom. The molecule has 23 heavy (non-hydrogen) atoms. The molecule has 0 saturated carbocycles. The molecule has 3 rings (SSSR count). The van der Waals surface area contributed by atoms with E-state index in [0.29, 0.717) is 12.3 Å². The van der Waals surface area contributed by atoms with Gasteiger partial charge in [0.25, 0.3) is 5.91 Å². The van der Waals surface area contributed by atoms with Crippen LogP contribution in [0.3, 0.4) is 0 Å². The van der Waals surface area contributed by atoms with Crippen molar-refractivity contribution in [1.29, 1.82) is 0 Å². The number of thiazole rings is 1. The second kappa shape index (κ2) is 8.19. The molecule has 1 N–H and O–H groups in total. The molecular weight excluding hydrogens is 312 g/mol. The molecule has 1 aliphatic heterocycles. The van der Waals surface area contributed by atoms with Gasteiger partial charge < -0.3 is 4.74 Å². The molecule has 0 bridgehead atoms. The minimum Gasteiger partial charge on any atom is -0.350 e. The fourth-order valence-electron chi connectivity index (χ4n) is 2.40. The monoisotopic (exact) mass is 332 g/mol. The van der Waals surface area contributed by atoms with Crippen LogP contribution in [-0.2, 0) is 22.4 Å². The van der Waals surface area contributed by atoms with Crippen molar-refractivity contribution in [3.63, 3.8) is 0 Å². The normalized spacial score (nSPS) is 17.8. The molecule has 1 saturated heterocycles. The lowest BCUT2D eigenvalue weighted by Gasteiger charge is -2.21. The highest BCUT2D eigenvalue weighted by molar-refractivity contribution is 7.09. The Balaban J connectivity index is 1.47. The van der Waals surface area contributed by atoms with Crippen molar-refractivity contribution in [1.82, 2.24) is 10.5 Å². The maximum atomic E-state index is 12.0. The second-order valence-electron chi connectivity index (χ2n) is 5.46. The van der Waals surface area contributed by atoms with Crippen LogP contribution in [0.25, 0.3) is 0 Å². The first-order valence-corrected chi connectivity index (χ1v) is 8.75. The second-order valence-corrected chi connectivity index (χ2v) is 6.40. The van der Waals surface area contributed by atoms with Gasteiger partial charge in [-0.2, -0.15) is 0 Å². The van der Waals surface area contributed by atoms with Gasteiger partial charge >= 0.3 is 0 Å². The summed E-state index contributed by atoms with van der Waals surface area (Å²) >= 11 is 1.50. The average Bonchev–Trinajstić information content (AvgIpc) is 3.09. The molecule has 1 amide bonds. The highest BCUT2D eigenvalue weighted by Gasteiger charge is 2.17. The van der Waals surface area contributed by atoms with Gasteiger partial charge in [0.1, 0.15) is 5.69 Å². The smallest absolute Gasteiger partial charge is 0.294 e. The molecule has 1 aromatic heterocycles. The number of nitrogens with zero attached hydrogens (tertiary/aromatic N) is 1. The first-order chi connectivity index (χ1) is 11.3. The van der Waals surface area contributed by atoms with E-state index in [1.807, 2.05) is 18.2 Å². The zero-order valence-corrected chi connectivity index (χ0v) is 13.7. The Morgan fingerprint density at radius 3 is 2.96 bits per heavy atom. The van der Waals surface area contributed by atoms with Crippen LogP contribution in [0.2, 0.25) is 0 Å². The number of hydrogen-bond acceptors (Lipinski definition) is 5. The van der Waals surface area contributed by atoms with Crippen LogP contribution in [0.5, 0.6) is 0 Å². The van der Waals surface area contributed by atoms with Gasteiger partial charge in [0, 0.05) is 24.8 Å². The molecule has 2 heterocycles. The van der Waals surface area contributed by atoms with Gasteiger partial charge in [0.2, 0.25) is 0 Å². The number of aromatic nitrogens is 1. The van der Waals surface area contributed by atoms with Gasteiger partial charge in [-0.1, -0.05) is 30.3 Å². The number of carbonyl (C=O) groups excluding carboxylic acids is 1. The van der Waals surface area contributed by atoms with Gasteiger partial charge in [-0.15, -0.1) is 11.3 Å². The SMILES string of the molecule is O=C(NO[C@H]1CCCCO1)c1csc(CCc2ccccc2)n1. The lowest BCUT2D eigenvalue weighted by atomic mass is 10.1. The fraction of sp³-hybridized carbons (Fsp3) is 0.412. The van der Waals surface area contributed by atoms with E-state index in [0.717, 1.165) is 37.1 Å². The number of hydrogen-bond donors (Lipinski definition) is 1. The lowest BCUT2D eigenvalue weighted by Crippen LogP contribution is -2.33. The predicted octanol–water partition coefficient (Wildman–Crippen LogP) is 3.12. The molecule has 1 atom stereocenters. The summed E-state index contributed by atoms with van der Waals surface area (Å²) in [6.07, 6.45) is 4.31. The van der Waals surface area contributed by atoms with Crippen LogP contribution in [0.4, 0.5) is 0 Å². The van der Waals surface area contributed by atoms with Gasteiger partial charge in [-0.05, 0) is 24.8 Å². The quantitative estimate of drug-likeness (QED) is 0.826. The van der Waals surface area contributed by atoms with Crippen LogP contribution >= 0.6 is 11.3 Å². The van der Waals surface area contributed by atoms with Crippen molar-refractivity contribution in [2.75, 3.05) is 6.61 Å². The van der Waals surface area contributed by atoms with E-state index >= 15 is 0 Å². The van der Waals surface area contributed by atoms with Crippen LogP contribution < -0.4 is 5.48 Å². The summed E-state index contributed by atoms with van der Waals surface area (Å²) < 4.78 is 5.40. The number of nitrogens with one attached hydrogen (secondary N) is 1. The lowest BCUT2D eigenvalue weighted by molar-refractivity contribution is -0.186. The zero-order chi connectivity index (χ0) is 15.9. The van der Waals surface area contributed by atoms with Crippen molar-refractivity contribution in [2.45, 2.75) is 38.4 Å². The number of hydroxylamine groups is 1. The molecule has 5 nitrogen and oxygen atoms in total. The van der Waals surface area contributed by atoms with Gasteiger partial charge in [-0.25, -0.2) is 15.3 Å². The molecule has 0 aliphatic carbocycles. The number of benzene rings is 1.